The monoisotopic (exact) mass is 369 g/mol. The first kappa shape index (κ1) is 17.3. The number of benzene rings is 1. The number of imidazole rings is 1. The second kappa shape index (κ2) is 6.92. The fourth-order valence-corrected chi connectivity index (χ4v) is 3.48. The number of ether oxygens (including phenoxy) is 1. The molecule has 0 bridgehead atoms. The van der Waals surface area contributed by atoms with Gasteiger partial charge in [-0.05, 0) is 31.0 Å². The van der Waals surface area contributed by atoms with Crippen LogP contribution < -0.4 is 15.8 Å². The fraction of sp³-hybridized carbons (Fsp3) is 0.389. The molecule has 4 rings (SSSR count). The molecule has 1 aliphatic rings. The summed E-state index contributed by atoms with van der Waals surface area (Å²) in [7, 11) is 3.47. The molecule has 1 fully saturated rings. The lowest BCUT2D eigenvalue weighted by Crippen LogP contribution is -2.34. The third kappa shape index (κ3) is 3.21. The minimum absolute atomic E-state index is 0.174. The molecular weight excluding hydrogens is 346 g/mol. The van der Waals surface area contributed by atoms with Crippen LogP contribution in [0.25, 0.3) is 22.2 Å². The highest BCUT2D eigenvalue weighted by Crippen LogP contribution is 2.33. The van der Waals surface area contributed by atoms with E-state index in [2.05, 4.69) is 20.4 Å². The molecule has 9 heteroatoms. The molecule has 3 aromatic rings. The van der Waals surface area contributed by atoms with Gasteiger partial charge in [-0.1, -0.05) is 0 Å². The third-order valence-electron chi connectivity index (χ3n) is 4.97. The highest BCUT2D eigenvalue weighted by Gasteiger charge is 2.26. The number of carbonyl (C=O) groups excluding carboxylic acids is 1. The van der Waals surface area contributed by atoms with Crippen LogP contribution >= 0.6 is 0 Å². The second-order valence-electron chi connectivity index (χ2n) is 6.79. The lowest BCUT2D eigenvalue weighted by molar-refractivity contribution is 0.221. The number of anilines is 1. The Balaban J connectivity index is 1.65. The number of hydrogen-bond acceptors (Lipinski definition) is 5. The zero-order valence-electron chi connectivity index (χ0n) is 15.4. The van der Waals surface area contributed by atoms with Crippen molar-refractivity contribution in [1.82, 2.24) is 24.6 Å². The summed E-state index contributed by atoms with van der Waals surface area (Å²) in [5.74, 6) is 1.42. The molecule has 3 heterocycles. The first-order valence-corrected chi connectivity index (χ1v) is 8.90. The topological polar surface area (TPSA) is 114 Å². The van der Waals surface area contributed by atoms with Crippen molar-refractivity contribution in [1.29, 1.82) is 0 Å². The fourth-order valence-electron chi connectivity index (χ4n) is 3.48. The number of aryl methyl sites for hydroxylation is 1. The molecule has 0 saturated carbocycles. The number of hydrogen-bond donors (Lipinski definition) is 3. The highest BCUT2D eigenvalue weighted by molar-refractivity contribution is 5.98. The van der Waals surface area contributed by atoms with Gasteiger partial charge in [0.1, 0.15) is 16.8 Å². The summed E-state index contributed by atoms with van der Waals surface area (Å²) in [5.41, 5.74) is 9.02. The molecule has 1 aromatic carbocycles. The minimum Gasteiger partial charge on any atom is -0.494 e. The van der Waals surface area contributed by atoms with E-state index in [4.69, 9.17) is 10.5 Å². The van der Waals surface area contributed by atoms with Crippen LogP contribution in [-0.2, 0) is 7.05 Å². The first-order valence-electron chi connectivity index (χ1n) is 8.90. The van der Waals surface area contributed by atoms with Gasteiger partial charge in [0.25, 0.3) is 0 Å². The molecule has 2 aromatic heterocycles. The molecule has 0 spiro atoms. The Kier molecular flexibility index (Phi) is 4.44. The number of carbonyl (C=O) groups is 1. The molecule has 1 atom stereocenters. The zero-order chi connectivity index (χ0) is 19.0. The van der Waals surface area contributed by atoms with E-state index in [0.717, 1.165) is 28.6 Å². The minimum atomic E-state index is -0.174. The Morgan fingerprint density at radius 1 is 1.48 bits per heavy atom. The van der Waals surface area contributed by atoms with Crippen LogP contribution in [0.15, 0.2) is 24.5 Å². The van der Waals surface area contributed by atoms with E-state index in [-0.39, 0.29) is 6.03 Å². The first-order chi connectivity index (χ1) is 13.1. The number of nitrogens with one attached hydrogen (secondary N) is 2. The predicted octanol–water partition coefficient (Wildman–Crippen LogP) is 1.78. The molecule has 27 heavy (non-hydrogen) atoms. The molecule has 2 amide bonds. The van der Waals surface area contributed by atoms with Gasteiger partial charge in [-0.15, -0.1) is 0 Å². The van der Waals surface area contributed by atoms with Crippen LogP contribution in [-0.4, -0.2) is 57.4 Å². The van der Waals surface area contributed by atoms with Gasteiger partial charge in [-0.3, -0.25) is 10.00 Å². The SMILES string of the molecule is COc1ccc(-c2cnn(C)c2)c2nc(NC(=O)N3CC[C@@H](CN)C3)[nH]c12. The molecule has 142 valence electrons. The molecule has 4 N–H and O–H groups in total. The van der Waals surface area contributed by atoms with Crippen molar-refractivity contribution in [2.45, 2.75) is 6.42 Å². The van der Waals surface area contributed by atoms with Gasteiger partial charge in [0.05, 0.1) is 13.3 Å². The van der Waals surface area contributed by atoms with Crippen LogP contribution in [0.1, 0.15) is 6.42 Å². The lowest BCUT2D eigenvalue weighted by Gasteiger charge is -2.15. The maximum Gasteiger partial charge on any atom is 0.324 e. The summed E-state index contributed by atoms with van der Waals surface area (Å²) >= 11 is 0. The second-order valence-corrected chi connectivity index (χ2v) is 6.79. The van der Waals surface area contributed by atoms with Gasteiger partial charge in [0, 0.05) is 37.5 Å². The highest BCUT2D eigenvalue weighted by atomic mass is 16.5. The number of nitrogens with two attached hydrogens (primary N) is 1. The van der Waals surface area contributed by atoms with Crippen LogP contribution in [0.5, 0.6) is 5.75 Å². The Labute approximate surface area is 156 Å². The molecule has 1 aliphatic heterocycles. The number of nitrogens with zero attached hydrogens (tertiary/aromatic N) is 4. The largest absolute Gasteiger partial charge is 0.494 e. The predicted molar refractivity (Wildman–Crippen MR) is 103 cm³/mol. The number of aromatic nitrogens is 4. The number of urea groups is 1. The van der Waals surface area contributed by atoms with Gasteiger partial charge in [-0.25, -0.2) is 9.78 Å². The quantitative estimate of drug-likeness (QED) is 0.649. The van der Waals surface area contributed by atoms with E-state index in [1.807, 2.05) is 25.4 Å². The van der Waals surface area contributed by atoms with Crippen LogP contribution in [0, 0.1) is 5.92 Å². The zero-order valence-corrected chi connectivity index (χ0v) is 15.4. The lowest BCUT2D eigenvalue weighted by atomic mass is 10.1. The van der Waals surface area contributed by atoms with E-state index in [1.165, 1.54) is 0 Å². The molecular formula is C18H23N7O2. The summed E-state index contributed by atoms with van der Waals surface area (Å²) in [4.78, 5) is 22.1. The van der Waals surface area contributed by atoms with E-state index in [0.29, 0.717) is 37.3 Å². The van der Waals surface area contributed by atoms with E-state index in [9.17, 15) is 4.79 Å². The number of methoxy groups -OCH3 is 1. The number of H-pyrrole nitrogens is 1. The van der Waals surface area contributed by atoms with Crippen LogP contribution in [0.4, 0.5) is 10.7 Å². The number of fused-ring (bicyclic) bond motifs is 1. The van der Waals surface area contributed by atoms with E-state index in [1.54, 1.807) is 22.9 Å². The average Bonchev–Trinajstić information content (AvgIpc) is 3.39. The van der Waals surface area contributed by atoms with Gasteiger partial charge in [0.15, 0.2) is 0 Å². The summed E-state index contributed by atoms with van der Waals surface area (Å²) in [6.07, 6.45) is 4.64. The van der Waals surface area contributed by atoms with E-state index >= 15 is 0 Å². The number of rotatable bonds is 4. The van der Waals surface area contributed by atoms with Crippen molar-refractivity contribution in [2.75, 3.05) is 32.1 Å². The molecule has 0 unspecified atom stereocenters. The van der Waals surface area contributed by atoms with Crippen molar-refractivity contribution in [3.05, 3.63) is 24.5 Å². The van der Waals surface area contributed by atoms with Gasteiger partial charge in [0.2, 0.25) is 5.95 Å². The third-order valence-corrected chi connectivity index (χ3v) is 4.97. The molecule has 0 aliphatic carbocycles. The maximum atomic E-state index is 12.5. The summed E-state index contributed by atoms with van der Waals surface area (Å²) in [5, 5.41) is 7.08. The van der Waals surface area contributed by atoms with Crippen molar-refractivity contribution < 1.29 is 9.53 Å². The van der Waals surface area contributed by atoms with Crippen LogP contribution in [0.2, 0.25) is 0 Å². The molecule has 1 saturated heterocycles. The number of likely N-dealkylation sites (tertiary alicyclic amines) is 1. The van der Waals surface area contributed by atoms with Crippen molar-refractivity contribution in [2.24, 2.45) is 18.7 Å². The summed E-state index contributed by atoms with van der Waals surface area (Å²) < 4.78 is 7.18. The number of aromatic amines is 1. The number of amides is 2. The summed E-state index contributed by atoms with van der Waals surface area (Å²) in [6, 6.07) is 3.64. The normalized spacial score (nSPS) is 16.9. The Morgan fingerprint density at radius 2 is 2.33 bits per heavy atom. The standard InChI is InChI=1S/C18H23N7O2/c1-24-10-12(8-20-24)13-3-4-14(27-2)16-15(13)21-17(22-16)23-18(26)25-6-5-11(7-19)9-25/h3-4,8,10-11H,5-7,9,19H2,1-2H3,(H2,21,22,23,26)/t11-/m0/s1. The maximum absolute atomic E-state index is 12.5. The van der Waals surface area contributed by atoms with Crippen molar-refractivity contribution in [3.63, 3.8) is 0 Å². The molecule has 9 nitrogen and oxygen atoms in total. The van der Waals surface area contributed by atoms with Gasteiger partial charge in [-0.2, -0.15) is 5.10 Å². The molecule has 0 radical (unpaired) electrons. The Hall–Kier alpha value is -3.07. The van der Waals surface area contributed by atoms with Gasteiger partial charge >= 0.3 is 6.03 Å². The Bertz CT molecular complexity index is 977. The smallest absolute Gasteiger partial charge is 0.324 e. The van der Waals surface area contributed by atoms with Crippen molar-refractivity contribution in [3.8, 4) is 16.9 Å². The average molecular weight is 369 g/mol. The van der Waals surface area contributed by atoms with Crippen LogP contribution in [0.3, 0.4) is 0 Å². The van der Waals surface area contributed by atoms with E-state index < -0.39 is 0 Å². The Morgan fingerprint density at radius 3 is 3.00 bits per heavy atom. The summed E-state index contributed by atoms with van der Waals surface area (Å²) in [6.45, 7) is 1.98. The van der Waals surface area contributed by atoms with Gasteiger partial charge < -0.3 is 20.4 Å². The van der Waals surface area contributed by atoms with Crippen molar-refractivity contribution >= 4 is 23.0 Å².